The van der Waals surface area contributed by atoms with Crippen LogP contribution in [0.1, 0.15) is 12.8 Å². The number of ether oxygens (including phenoxy) is 1. The van der Waals surface area contributed by atoms with E-state index in [1.807, 2.05) is 12.1 Å². The molecule has 25 heavy (non-hydrogen) atoms. The average molecular weight is 358 g/mol. The summed E-state index contributed by atoms with van der Waals surface area (Å²) in [6.45, 7) is 1.08. The van der Waals surface area contributed by atoms with E-state index in [0.29, 0.717) is 34.8 Å². The van der Waals surface area contributed by atoms with Crippen molar-refractivity contribution in [3.8, 4) is 11.1 Å². The molecule has 1 aliphatic heterocycles. The Morgan fingerprint density at radius 2 is 2.04 bits per heavy atom. The van der Waals surface area contributed by atoms with Crippen molar-refractivity contribution in [3.05, 3.63) is 62.4 Å². The van der Waals surface area contributed by atoms with E-state index in [4.69, 9.17) is 16.3 Å². The summed E-state index contributed by atoms with van der Waals surface area (Å²) in [5, 5.41) is 1.01. The summed E-state index contributed by atoms with van der Waals surface area (Å²) in [7, 11) is 0. The van der Waals surface area contributed by atoms with E-state index in [1.165, 1.54) is 4.57 Å². The fraction of sp³-hybridized carbons (Fsp3) is 0.278. The van der Waals surface area contributed by atoms with Gasteiger partial charge in [-0.3, -0.25) is 14.3 Å². The van der Waals surface area contributed by atoms with E-state index in [2.05, 4.69) is 9.97 Å². The van der Waals surface area contributed by atoms with Crippen LogP contribution in [0.15, 0.2) is 46.1 Å². The number of aromatic nitrogens is 3. The first-order valence-corrected chi connectivity index (χ1v) is 8.50. The van der Waals surface area contributed by atoms with Crippen LogP contribution in [-0.2, 0) is 11.3 Å². The zero-order valence-corrected chi connectivity index (χ0v) is 14.1. The maximum Gasteiger partial charge on any atom is 0.330 e. The maximum atomic E-state index is 12.5. The number of nitrogens with one attached hydrogen (secondary N) is 1. The summed E-state index contributed by atoms with van der Waals surface area (Å²) in [5.74, 6) is 0. The second kappa shape index (κ2) is 6.46. The highest BCUT2D eigenvalue weighted by molar-refractivity contribution is 6.30. The molecule has 1 atom stereocenters. The number of fused-ring (bicyclic) bond motifs is 1. The third-order valence-electron chi connectivity index (χ3n) is 4.44. The molecule has 4 rings (SSSR count). The van der Waals surface area contributed by atoms with Crippen molar-refractivity contribution < 1.29 is 4.74 Å². The number of benzene rings is 1. The zero-order valence-electron chi connectivity index (χ0n) is 13.4. The molecule has 1 aliphatic rings. The van der Waals surface area contributed by atoms with Gasteiger partial charge in [-0.05, 0) is 42.2 Å². The molecule has 3 heterocycles. The van der Waals surface area contributed by atoms with E-state index >= 15 is 0 Å². The summed E-state index contributed by atoms with van der Waals surface area (Å²) in [4.78, 5) is 31.5. The van der Waals surface area contributed by atoms with Gasteiger partial charge in [-0.25, -0.2) is 9.78 Å². The third-order valence-corrected chi connectivity index (χ3v) is 4.70. The molecule has 0 spiro atoms. The summed E-state index contributed by atoms with van der Waals surface area (Å²) in [6, 6.07) is 8.97. The molecule has 1 aromatic carbocycles. The van der Waals surface area contributed by atoms with Crippen LogP contribution >= 0.6 is 11.6 Å². The number of hydrogen-bond acceptors (Lipinski definition) is 4. The van der Waals surface area contributed by atoms with Crippen molar-refractivity contribution in [2.75, 3.05) is 6.61 Å². The quantitative estimate of drug-likeness (QED) is 0.781. The molecule has 6 nitrogen and oxygen atoms in total. The maximum absolute atomic E-state index is 12.5. The van der Waals surface area contributed by atoms with Gasteiger partial charge in [0.05, 0.1) is 18.0 Å². The molecule has 0 bridgehead atoms. The van der Waals surface area contributed by atoms with Crippen molar-refractivity contribution in [1.29, 1.82) is 0 Å². The molecule has 1 fully saturated rings. The lowest BCUT2D eigenvalue weighted by atomic mass is 10.0. The molecule has 7 heteroatoms. The summed E-state index contributed by atoms with van der Waals surface area (Å²) < 4.78 is 7.12. The van der Waals surface area contributed by atoms with E-state index in [0.717, 1.165) is 18.4 Å². The van der Waals surface area contributed by atoms with Gasteiger partial charge in [0.2, 0.25) is 0 Å². The Labute approximate surface area is 148 Å². The van der Waals surface area contributed by atoms with Crippen LogP contribution < -0.4 is 11.2 Å². The smallest absolute Gasteiger partial charge is 0.330 e. The minimum Gasteiger partial charge on any atom is -0.376 e. The van der Waals surface area contributed by atoms with E-state index in [9.17, 15) is 9.59 Å². The Morgan fingerprint density at radius 1 is 1.24 bits per heavy atom. The number of rotatable bonds is 3. The monoisotopic (exact) mass is 357 g/mol. The summed E-state index contributed by atoms with van der Waals surface area (Å²) in [6.07, 6.45) is 3.44. The van der Waals surface area contributed by atoms with Crippen molar-refractivity contribution in [1.82, 2.24) is 14.5 Å². The molecule has 0 amide bonds. The molecule has 0 saturated carbocycles. The highest BCUT2D eigenvalue weighted by Crippen LogP contribution is 2.26. The van der Waals surface area contributed by atoms with Crippen LogP contribution in [0.4, 0.5) is 0 Å². The van der Waals surface area contributed by atoms with E-state index < -0.39 is 11.2 Å². The van der Waals surface area contributed by atoms with Crippen LogP contribution in [0.5, 0.6) is 0 Å². The van der Waals surface area contributed by atoms with Gasteiger partial charge in [0.15, 0.2) is 0 Å². The van der Waals surface area contributed by atoms with E-state index in [-0.39, 0.29) is 6.10 Å². The lowest BCUT2D eigenvalue weighted by molar-refractivity contribution is 0.0967. The van der Waals surface area contributed by atoms with Crippen LogP contribution in [0, 0.1) is 0 Å². The van der Waals surface area contributed by atoms with Crippen LogP contribution in [0.3, 0.4) is 0 Å². The number of hydrogen-bond donors (Lipinski definition) is 1. The van der Waals surface area contributed by atoms with Crippen molar-refractivity contribution in [2.24, 2.45) is 0 Å². The molecule has 0 radical (unpaired) electrons. The van der Waals surface area contributed by atoms with Crippen molar-refractivity contribution in [2.45, 2.75) is 25.5 Å². The molecule has 1 saturated heterocycles. The molecular weight excluding hydrogens is 342 g/mol. The highest BCUT2D eigenvalue weighted by Gasteiger charge is 2.20. The lowest BCUT2D eigenvalue weighted by Gasteiger charge is -2.14. The topological polar surface area (TPSA) is 77.0 Å². The highest BCUT2D eigenvalue weighted by atomic mass is 35.5. The molecular formula is C18H16ClN3O3. The van der Waals surface area contributed by atoms with Crippen molar-refractivity contribution in [3.63, 3.8) is 0 Å². The first-order valence-electron chi connectivity index (χ1n) is 8.13. The molecule has 0 aliphatic carbocycles. The molecule has 3 aromatic rings. The van der Waals surface area contributed by atoms with Gasteiger partial charge in [-0.15, -0.1) is 0 Å². The number of pyridine rings is 1. The van der Waals surface area contributed by atoms with Gasteiger partial charge in [0, 0.05) is 17.8 Å². The summed E-state index contributed by atoms with van der Waals surface area (Å²) >= 11 is 5.95. The van der Waals surface area contributed by atoms with Crippen molar-refractivity contribution >= 4 is 22.6 Å². The largest absolute Gasteiger partial charge is 0.376 e. The van der Waals surface area contributed by atoms with Gasteiger partial charge in [-0.1, -0.05) is 23.7 Å². The Morgan fingerprint density at radius 3 is 2.76 bits per heavy atom. The minimum atomic E-state index is -0.464. The average Bonchev–Trinajstić information content (AvgIpc) is 3.12. The Kier molecular flexibility index (Phi) is 4.15. The Balaban J connectivity index is 1.93. The standard InChI is InChI=1S/C18H16ClN3O3/c19-12-5-3-11(4-6-12)14-7-8-20-16-15(14)17(23)21-18(24)22(16)10-13-2-1-9-25-13/h3-8,13H,1-2,9-10H2,(H,21,23,24)/t13-/m0/s1. The zero-order chi connectivity index (χ0) is 17.4. The van der Waals surface area contributed by atoms with Gasteiger partial charge in [0.25, 0.3) is 5.56 Å². The van der Waals surface area contributed by atoms with Gasteiger partial charge in [0.1, 0.15) is 5.65 Å². The van der Waals surface area contributed by atoms with Gasteiger partial charge in [-0.2, -0.15) is 0 Å². The lowest BCUT2D eigenvalue weighted by Crippen LogP contribution is -2.34. The van der Waals surface area contributed by atoms with Crippen LogP contribution in [-0.4, -0.2) is 27.2 Å². The predicted octanol–water partition coefficient (Wildman–Crippen LogP) is 2.58. The second-order valence-corrected chi connectivity index (χ2v) is 6.51. The number of nitrogens with zero attached hydrogens (tertiary/aromatic N) is 2. The number of H-pyrrole nitrogens is 1. The Bertz CT molecular complexity index is 1030. The molecule has 2 aromatic heterocycles. The normalized spacial score (nSPS) is 17.2. The van der Waals surface area contributed by atoms with Crippen LogP contribution in [0.25, 0.3) is 22.2 Å². The second-order valence-electron chi connectivity index (χ2n) is 6.07. The SMILES string of the molecule is O=c1[nH]c(=O)n(C[C@@H]2CCCO2)c2nccc(-c3ccc(Cl)cc3)c12. The first-order chi connectivity index (χ1) is 12.1. The first kappa shape index (κ1) is 16.1. The van der Waals surface area contributed by atoms with Gasteiger partial charge < -0.3 is 4.74 Å². The summed E-state index contributed by atoms with van der Waals surface area (Å²) in [5.41, 5.74) is 1.01. The molecule has 1 N–H and O–H groups in total. The third kappa shape index (κ3) is 2.99. The number of halogens is 1. The minimum absolute atomic E-state index is 0.0345. The predicted molar refractivity (Wildman–Crippen MR) is 96.0 cm³/mol. The van der Waals surface area contributed by atoms with E-state index in [1.54, 1.807) is 24.4 Å². The van der Waals surface area contributed by atoms with Gasteiger partial charge >= 0.3 is 5.69 Å². The molecule has 0 unspecified atom stereocenters. The molecule has 128 valence electrons. The number of aromatic amines is 1. The fourth-order valence-corrected chi connectivity index (χ4v) is 3.36. The Hall–Kier alpha value is -2.44. The fourth-order valence-electron chi connectivity index (χ4n) is 3.23. The van der Waals surface area contributed by atoms with Crippen LogP contribution in [0.2, 0.25) is 5.02 Å².